The van der Waals surface area contributed by atoms with E-state index in [4.69, 9.17) is 17.0 Å². The zero-order chi connectivity index (χ0) is 17.6. The summed E-state index contributed by atoms with van der Waals surface area (Å²) in [6.45, 7) is 4.31. The van der Waals surface area contributed by atoms with Gasteiger partial charge in [-0.25, -0.2) is 0 Å². The molecule has 0 saturated carbocycles. The van der Waals surface area contributed by atoms with E-state index in [2.05, 4.69) is 72.8 Å². The van der Waals surface area contributed by atoms with E-state index in [1.807, 2.05) is 0 Å². The van der Waals surface area contributed by atoms with E-state index < -0.39 is 5.72 Å². The van der Waals surface area contributed by atoms with Crippen LogP contribution in [0.1, 0.15) is 37.4 Å². The number of hydrogen-bond acceptors (Lipinski definition) is 3. The van der Waals surface area contributed by atoms with Crippen molar-refractivity contribution in [3.63, 3.8) is 0 Å². The molecule has 5 heteroatoms. The van der Waals surface area contributed by atoms with Crippen molar-refractivity contribution in [2.45, 2.75) is 43.4 Å². The number of hydrogen-bond donors (Lipinski definition) is 1. The zero-order valence-electron chi connectivity index (χ0n) is 14.7. The van der Waals surface area contributed by atoms with E-state index in [1.54, 1.807) is 11.8 Å². The van der Waals surface area contributed by atoms with Crippen LogP contribution >= 0.6 is 24.0 Å². The molecule has 1 fully saturated rings. The van der Waals surface area contributed by atoms with E-state index in [-0.39, 0.29) is 6.04 Å². The number of aryl methyl sites for hydroxylation is 1. The van der Waals surface area contributed by atoms with Crippen molar-refractivity contribution in [1.29, 1.82) is 0 Å². The fourth-order valence-electron chi connectivity index (χ4n) is 3.78. The van der Waals surface area contributed by atoms with Crippen molar-refractivity contribution in [1.82, 2.24) is 5.32 Å². The lowest BCUT2D eigenvalue weighted by molar-refractivity contribution is 0.0497. The predicted octanol–water partition coefficient (Wildman–Crippen LogP) is 4.91. The second kappa shape index (κ2) is 6.22. The van der Waals surface area contributed by atoms with Crippen molar-refractivity contribution in [3.8, 4) is 5.75 Å². The molecule has 25 heavy (non-hydrogen) atoms. The number of ether oxygens (including phenoxy) is 1. The first-order valence-corrected chi connectivity index (χ1v) is 10.2. The second-order valence-electron chi connectivity index (χ2n) is 6.75. The highest BCUT2D eigenvalue weighted by Gasteiger charge is 2.48. The topological polar surface area (TPSA) is 24.5 Å². The first kappa shape index (κ1) is 16.7. The molecule has 0 radical (unpaired) electrons. The first-order valence-electron chi connectivity index (χ1n) is 8.60. The Hall–Kier alpha value is -1.72. The molecule has 2 aromatic carbocycles. The number of rotatable bonds is 3. The summed E-state index contributed by atoms with van der Waals surface area (Å²) in [6.07, 6.45) is 3.97. The van der Waals surface area contributed by atoms with Gasteiger partial charge in [-0.15, -0.1) is 11.8 Å². The maximum Gasteiger partial charge on any atom is 0.188 e. The summed E-state index contributed by atoms with van der Waals surface area (Å²) in [4.78, 5) is 3.34. The highest BCUT2D eigenvalue weighted by molar-refractivity contribution is 7.98. The molecule has 2 bridgehead atoms. The molecular formula is C20H22N2OS2. The largest absolute Gasteiger partial charge is 0.467 e. The lowest BCUT2D eigenvalue weighted by Crippen LogP contribution is -2.65. The molecule has 0 aliphatic carbocycles. The lowest BCUT2D eigenvalue weighted by atomic mass is 9.89. The molecule has 2 atom stereocenters. The molecule has 0 aromatic heterocycles. The summed E-state index contributed by atoms with van der Waals surface area (Å²) in [5.74, 6) is 0.956. The van der Waals surface area contributed by atoms with Gasteiger partial charge in [-0.3, -0.25) is 4.90 Å². The highest BCUT2D eigenvalue weighted by Crippen LogP contribution is 2.46. The standard InChI is InChI=1S/C20H22N2OS2/c1-4-13-8-9-18-16(10-13)17-12-20(2,23-18)22(19(24)21-17)14-6-5-7-15(11-14)25-3/h5-11,17H,4,12H2,1-3H3,(H,21,24)/t17-,20+/m0/s1. The number of thiocarbonyl (C=S) groups is 1. The van der Waals surface area contributed by atoms with Crippen LogP contribution in [0.3, 0.4) is 0 Å². The number of benzene rings is 2. The van der Waals surface area contributed by atoms with Crippen LogP contribution in [-0.2, 0) is 6.42 Å². The van der Waals surface area contributed by atoms with Gasteiger partial charge in [0.15, 0.2) is 10.8 Å². The summed E-state index contributed by atoms with van der Waals surface area (Å²) in [7, 11) is 0. The summed E-state index contributed by atoms with van der Waals surface area (Å²) in [6, 6.07) is 15.2. The van der Waals surface area contributed by atoms with E-state index in [0.29, 0.717) is 0 Å². The maximum atomic E-state index is 6.49. The van der Waals surface area contributed by atoms with E-state index in [1.165, 1.54) is 16.0 Å². The number of anilines is 1. The van der Waals surface area contributed by atoms with Crippen molar-refractivity contribution in [3.05, 3.63) is 53.6 Å². The summed E-state index contributed by atoms with van der Waals surface area (Å²) >= 11 is 7.47. The molecular weight excluding hydrogens is 348 g/mol. The van der Waals surface area contributed by atoms with Crippen LogP contribution in [-0.4, -0.2) is 17.1 Å². The van der Waals surface area contributed by atoms with Gasteiger partial charge in [0, 0.05) is 22.6 Å². The quantitative estimate of drug-likeness (QED) is 0.612. The fourth-order valence-corrected chi connectivity index (χ4v) is 4.68. The minimum atomic E-state index is -0.481. The minimum absolute atomic E-state index is 0.202. The molecule has 4 rings (SSSR count). The molecule has 3 nitrogen and oxygen atoms in total. The fraction of sp³-hybridized carbons (Fsp3) is 0.350. The summed E-state index contributed by atoms with van der Waals surface area (Å²) < 4.78 is 6.49. The Morgan fingerprint density at radius 3 is 2.92 bits per heavy atom. The third kappa shape index (κ3) is 2.79. The van der Waals surface area contributed by atoms with E-state index in [9.17, 15) is 0 Å². The average Bonchev–Trinajstić information content (AvgIpc) is 2.61. The van der Waals surface area contributed by atoms with Gasteiger partial charge in [-0.1, -0.05) is 25.1 Å². The van der Waals surface area contributed by atoms with Crippen LogP contribution in [0.5, 0.6) is 5.75 Å². The Balaban J connectivity index is 1.77. The monoisotopic (exact) mass is 370 g/mol. The molecule has 130 valence electrons. The number of fused-ring (bicyclic) bond motifs is 4. The third-order valence-electron chi connectivity index (χ3n) is 5.06. The predicted molar refractivity (Wildman–Crippen MR) is 109 cm³/mol. The van der Waals surface area contributed by atoms with E-state index in [0.717, 1.165) is 29.4 Å². The summed E-state index contributed by atoms with van der Waals surface area (Å²) in [5.41, 5.74) is 3.13. The summed E-state index contributed by atoms with van der Waals surface area (Å²) in [5, 5.41) is 4.26. The number of thioether (sulfide) groups is 1. The Kier molecular flexibility index (Phi) is 4.16. The van der Waals surface area contributed by atoms with Gasteiger partial charge < -0.3 is 10.1 Å². The Labute approximate surface area is 158 Å². The molecule has 2 aromatic rings. The molecule has 0 amide bonds. The molecule has 1 N–H and O–H groups in total. The molecule has 0 unspecified atom stereocenters. The van der Waals surface area contributed by atoms with Gasteiger partial charge in [0.05, 0.1) is 6.04 Å². The number of nitrogens with one attached hydrogen (secondary N) is 1. The van der Waals surface area contributed by atoms with Gasteiger partial charge in [-0.2, -0.15) is 0 Å². The normalized spacial score (nSPS) is 24.4. The second-order valence-corrected chi connectivity index (χ2v) is 8.01. The van der Waals surface area contributed by atoms with Gasteiger partial charge >= 0.3 is 0 Å². The molecule has 2 aliphatic heterocycles. The third-order valence-corrected chi connectivity index (χ3v) is 6.08. The lowest BCUT2D eigenvalue weighted by Gasteiger charge is -2.52. The van der Waals surface area contributed by atoms with Crippen molar-refractivity contribution in [2.24, 2.45) is 0 Å². The molecule has 1 saturated heterocycles. The van der Waals surface area contributed by atoms with Crippen LogP contribution in [0.15, 0.2) is 47.4 Å². The van der Waals surface area contributed by atoms with Crippen LogP contribution in [0.25, 0.3) is 0 Å². The van der Waals surface area contributed by atoms with Crippen LogP contribution in [0.2, 0.25) is 0 Å². The number of nitrogens with zero attached hydrogens (tertiary/aromatic N) is 1. The van der Waals surface area contributed by atoms with Gasteiger partial charge in [0.1, 0.15) is 5.75 Å². The smallest absolute Gasteiger partial charge is 0.188 e. The van der Waals surface area contributed by atoms with Crippen LogP contribution in [0.4, 0.5) is 5.69 Å². The minimum Gasteiger partial charge on any atom is -0.467 e. The van der Waals surface area contributed by atoms with E-state index >= 15 is 0 Å². The average molecular weight is 371 g/mol. The molecule has 0 spiro atoms. The Morgan fingerprint density at radius 1 is 1.32 bits per heavy atom. The van der Waals surface area contributed by atoms with Crippen LogP contribution < -0.4 is 15.0 Å². The molecule has 2 aliphatic rings. The molecule has 2 heterocycles. The zero-order valence-corrected chi connectivity index (χ0v) is 16.3. The SMILES string of the molecule is CCc1ccc2c(c1)[C@@H]1C[C@@](C)(O2)N(c2cccc(SC)c2)C(=S)N1. The van der Waals surface area contributed by atoms with Crippen molar-refractivity contribution < 1.29 is 4.74 Å². The Morgan fingerprint density at radius 2 is 2.16 bits per heavy atom. The van der Waals surface area contributed by atoms with Crippen molar-refractivity contribution >= 4 is 34.8 Å². The van der Waals surface area contributed by atoms with Gasteiger partial charge in [0.2, 0.25) is 0 Å². The van der Waals surface area contributed by atoms with Gasteiger partial charge in [0.25, 0.3) is 0 Å². The van der Waals surface area contributed by atoms with Crippen LogP contribution in [0, 0.1) is 0 Å². The highest BCUT2D eigenvalue weighted by atomic mass is 32.2. The Bertz CT molecular complexity index is 838. The van der Waals surface area contributed by atoms with Gasteiger partial charge in [-0.05, 0) is 61.6 Å². The maximum absolute atomic E-state index is 6.49. The van der Waals surface area contributed by atoms with Crippen molar-refractivity contribution in [2.75, 3.05) is 11.2 Å². The first-order chi connectivity index (χ1) is 12.0.